The quantitative estimate of drug-likeness (QED) is 0.713. The van der Waals surface area contributed by atoms with Crippen LogP contribution in [0.1, 0.15) is 33.1 Å². The van der Waals surface area contributed by atoms with Crippen LogP contribution in [0.15, 0.2) is 0 Å². The van der Waals surface area contributed by atoms with E-state index in [1.807, 2.05) is 13.2 Å². The standard InChI is InChI=1S/C12H22N2O3S/c1-8(18-3)7-13-11(17)14-9-5-4-6-12(9,2)10(15)16/h8-9H,4-7H2,1-3H3,(H,15,16)(H2,13,14,17). The van der Waals surface area contributed by atoms with Crippen LogP contribution in [0.4, 0.5) is 4.79 Å². The molecule has 0 aromatic heterocycles. The van der Waals surface area contributed by atoms with Crippen molar-refractivity contribution >= 4 is 23.8 Å². The largest absolute Gasteiger partial charge is 0.481 e. The molecular weight excluding hydrogens is 252 g/mol. The Balaban J connectivity index is 2.46. The summed E-state index contributed by atoms with van der Waals surface area (Å²) in [7, 11) is 0. The van der Waals surface area contributed by atoms with Gasteiger partial charge in [0, 0.05) is 17.8 Å². The molecule has 3 unspecified atom stereocenters. The number of carboxylic acid groups (broad SMARTS) is 1. The first-order valence-corrected chi connectivity index (χ1v) is 7.49. The van der Waals surface area contributed by atoms with E-state index in [0.29, 0.717) is 18.2 Å². The Kier molecular flexibility index (Phi) is 5.31. The van der Waals surface area contributed by atoms with Crippen LogP contribution in [0.2, 0.25) is 0 Å². The van der Waals surface area contributed by atoms with E-state index in [0.717, 1.165) is 12.8 Å². The van der Waals surface area contributed by atoms with E-state index in [2.05, 4.69) is 10.6 Å². The van der Waals surface area contributed by atoms with Crippen LogP contribution in [0.25, 0.3) is 0 Å². The van der Waals surface area contributed by atoms with Gasteiger partial charge in [0.25, 0.3) is 0 Å². The van der Waals surface area contributed by atoms with E-state index in [1.54, 1.807) is 18.7 Å². The second kappa shape index (κ2) is 6.31. The summed E-state index contributed by atoms with van der Waals surface area (Å²) in [5.41, 5.74) is -0.831. The van der Waals surface area contributed by atoms with Gasteiger partial charge in [-0.1, -0.05) is 13.3 Å². The Morgan fingerprint density at radius 3 is 2.78 bits per heavy atom. The Labute approximate surface area is 112 Å². The lowest BCUT2D eigenvalue weighted by Gasteiger charge is -2.27. The molecule has 1 rings (SSSR count). The zero-order chi connectivity index (χ0) is 13.8. The number of rotatable bonds is 5. The number of hydrogen-bond acceptors (Lipinski definition) is 3. The minimum absolute atomic E-state index is 0.268. The van der Waals surface area contributed by atoms with Gasteiger partial charge in [-0.2, -0.15) is 11.8 Å². The summed E-state index contributed by atoms with van der Waals surface area (Å²) < 4.78 is 0. The molecule has 18 heavy (non-hydrogen) atoms. The Morgan fingerprint density at radius 1 is 1.56 bits per heavy atom. The van der Waals surface area contributed by atoms with Crippen molar-refractivity contribution in [3.63, 3.8) is 0 Å². The average Bonchev–Trinajstić information content (AvgIpc) is 2.69. The van der Waals surface area contributed by atoms with Crippen LogP contribution >= 0.6 is 11.8 Å². The highest BCUT2D eigenvalue weighted by atomic mass is 32.2. The summed E-state index contributed by atoms with van der Waals surface area (Å²) >= 11 is 1.68. The van der Waals surface area contributed by atoms with Crippen molar-refractivity contribution < 1.29 is 14.7 Å². The molecule has 3 N–H and O–H groups in total. The van der Waals surface area contributed by atoms with Gasteiger partial charge in [-0.3, -0.25) is 4.79 Å². The lowest BCUT2D eigenvalue weighted by atomic mass is 9.85. The zero-order valence-electron chi connectivity index (χ0n) is 11.2. The molecule has 104 valence electrons. The Hall–Kier alpha value is -0.910. The van der Waals surface area contributed by atoms with Gasteiger partial charge in [-0.25, -0.2) is 4.79 Å². The summed E-state index contributed by atoms with van der Waals surface area (Å²) in [6, 6.07) is -0.546. The van der Waals surface area contributed by atoms with Gasteiger partial charge in [-0.05, 0) is 26.0 Å². The molecule has 2 amide bonds. The van der Waals surface area contributed by atoms with Gasteiger partial charge < -0.3 is 15.7 Å². The average molecular weight is 274 g/mol. The summed E-state index contributed by atoms with van der Waals surface area (Å²) in [6.07, 6.45) is 4.18. The van der Waals surface area contributed by atoms with E-state index in [1.165, 1.54) is 0 Å². The maximum absolute atomic E-state index is 11.7. The predicted octanol–water partition coefficient (Wildman–Crippen LogP) is 1.68. The number of carbonyl (C=O) groups excluding carboxylic acids is 1. The van der Waals surface area contributed by atoms with Crippen molar-refractivity contribution in [2.75, 3.05) is 12.8 Å². The number of carbonyl (C=O) groups is 2. The third-order valence-electron chi connectivity index (χ3n) is 3.70. The lowest BCUT2D eigenvalue weighted by molar-refractivity contribution is -0.148. The molecule has 0 aromatic rings. The van der Waals surface area contributed by atoms with E-state index in [-0.39, 0.29) is 12.1 Å². The normalized spacial score (nSPS) is 28.7. The van der Waals surface area contributed by atoms with Crippen molar-refractivity contribution in [1.29, 1.82) is 0 Å². The first-order valence-electron chi connectivity index (χ1n) is 6.20. The summed E-state index contributed by atoms with van der Waals surface area (Å²) in [5, 5.41) is 15.2. The second-order valence-corrected chi connectivity index (χ2v) is 6.34. The molecule has 0 bridgehead atoms. The number of nitrogens with one attached hydrogen (secondary N) is 2. The highest BCUT2D eigenvalue weighted by molar-refractivity contribution is 7.99. The highest BCUT2D eigenvalue weighted by Gasteiger charge is 2.45. The SMILES string of the molecule is CSC(C)CNC(=O)NC1CCCC1(C)C(=O)O. The number of carboxylic acids is 1. The van der Waals surface area contributed by atoms with Crippen molar-refractivity contribution in [1.82, 2.24) is 10.6 Å². The predicted molar refractivity (Wildman–Crippen MR) is 72.9 cm³/mol. The molecule has 0 saturated heterocycles. The number of hydrogen-bond donors (Lipinski definition) is 3. The van der Waals surface area contributed by atoms with E-state index in [9.17, 15) is 14.7 Å². The van der Waals surface area contributed by atoms with Crippen LogP contribution in [0.5, 0.6) is 0 Å². The van der Waals surface area contributed by atoms with Crippen LogP contribution in [-0.2, 0) is 4.79 Å². The smallest absolute Gasteiger partial charge is 0.315 e. The molecular formula is C12H22N2O3S. The van der Waals surface area contributed by atoms with Crippen LogP contribution in [-0.4, -0.2) is 41.2 Å². The third-order valence-corrected chi connectivity index (χ3v) is 4.68. The van der Waals surface area contributed by atoms with Gasteiger partial charge in [0.15, 0.2) is 0 Å². The summed E-state index contributed by atoms with van der Waals surface area (Å²) in [5.74, 6) is -0.831. The molecule has 1 saturated carbocycles. The van der Waals surface area contributed by atoms with Crippen molar-refractivity contribution in [2.45, 2.75) is 44.4 Å². The van der Waals surface area contributed by atoms with E-state index in [4.69, 9.17) is 0 Å². The molecule has 0 aliphatic heterocycles. The second-order valence-electron chi connectivity index (χ2n) is 5.07. The number of thioether (sulfide) groups is 1. The molecule has 1 aliphatic carbocycles. The van der Waals surface area contributed by atoms with Gasteiger partial charge >= 0.3 is 12.0 Å². The molecule has 3 atom stereocenters. The fourth-order valence-corrected chi connectivity index (χ4v) is 2.43. The number of aliphatic carboxylic acids is 1. The van der Waals surface area contributed by atoms with Gasteiger partial charge in [0.1, 0.15) is 0 Å². The number of amides is 2. The van der Waals surface area contributed by atoms with Crippen LogP contribution in [0, 0.1) is 5.41 Å². The van der Waals surface area contributed by atoms with Crippen molar-refractivity contribution in [2.24, 2.45) is 5.41 Å². The third kappa shape index (κ3) is 3.54. The Bertz CT molecular complexity index is 324. The molecule has 0 heterocycles. The molecule has 0 aromatic carbocycles. The fraction of sp³-hybridized carbons (Fsp3) is 0.833. The van der Waals surface area contributed by atoms with Gasteiger partial charge in [0.2, 0.25) is 0 Å². The molecule has 0 spiro atoms. The van der Waals surface area contributed by atoms with Gasteiger partial charge in [-0.15, -0.1) is 0 Å². The summed E-state index contributed by atoms with van der Waals surface area (Å²) in [4.78, 5) is 23.0. The topological polar surface area (TPSA) is 78.4 Å². The monoisotopic (exact) mass is 274 g/mol. The maximum atomic E-state index is 11.7. The van der Waals surface area contributed by atoms with Crippen molar-refractivity contribution in [3.8, 4) is 0 Å². The van der Waals surface area contributed by atoms with Crippen LogP contribution in [0.3, 0.4) is 0 Å². The first-order chi connectivity index (χ1) is 8.40. The van der Waals surface area contributed by atoms with E-state index < -0.39 is 11.4 Å². The van der Waals surface area contributed by atoms with Crippen LogP contribution < -0.4 is 10.6 Å². The Morgan fingerprint density at radius 2 is 2.22 bits per heavy atom. The maximum Gasteiger partial charge on any atom is 0.315 e. The van der Waals surface area contributed by atoms with Crippen molar-refractivity contribution in [3.05, 3.63) is 0 Å². The lowest BCUT2D eigenvalue weighted by Crippen LogP contribution is -2.50. The minimum Gasteiger partial charge on any atom is -0.481 e. The zero-order valence-corrected chi connectivity index (χ0v) is 12.0. The van der Waals surface area contributed by atoms with E-state index >= 15 is 0 Å². The summed E-state index contributed by atoms with van der Waals surface area (Å²) in [6.45, 7) is 4.32. The first kappa shape index (κ1) is 15.1. The fourth-order valence-electron chi connectivity index (χ4n) is 2.18. The molecule has 5 nitrogen and oxygen atoms in total. The molecule has 1 fully saturated rings. The molecule has 1 aliphatic rings. The molecule has 0 radical (unpaired) electrons. The highest BCUT2D eigenvalue weighted by Crippen LogP contribution is 2.38. The molecule has 6 heteroatoms. The number of urea groups is 1. The van der Waals surface area contributed by atoms with Gasteiger partial charge in [0.05, 0.1) is 5.41 Å². The minimum atomic E-state index is -0.831.